The van der Waals surface area contributed by atoms with E-state index in [1.807, 2.05) is 38.1 Å². The average molecular weight is 233 g/mol. The van der Waals surface area contributed by atoms with E-state index in [0.29, 0.717) is 0 Å². The minimum atomic E-state index is 0.0286. The molecule has 0 heterocycles. The van der Waals surface area contributed by atoms with E-state index in [-0.39, 0.29) is 5.91 Å². The lowest BCUT2D eigenvalue weighted by Gasteiger charge is -2.15. The fourth-order valence-corrected chi connectivity index (χ4v) is 1.61. The molecule has 0 bridgehead atoms. The van der Waals surface area contributed by atoms with Crippen molar-refractivity contribution < 1.29 is 9.53 Å². The molecule has 1 aromatic carbocycles. The highest BCUT2D eigenvalue weighted by Crippen LogP contribution is 2.18. The van der Waals surface area contributed by atoms with Crippen LogP contribution in [0, 0.1) is 0 Å². The Kier molecular flexibility index (Phi) is 5.27. The van der Waals surface area contributed by atoms with Crippen molar-refractivity contribution in [1.82, 2.24) is 4.90 Å². The number of hydrogen-bond donors (Lipinski definition) is 0. The van der Waals surface area contributed by atoms with Gasteiger partial charge in [0.1, 0.15) is 5.75 Å². The predicted octanol–water partition coefficient (Wildman–Crippen LogP) is 2.58. The van der Waals surface area contributed by atoms with Crippen molar-refractivity contribution in [2.45, 2.75) is 13.8 Å². The molecule has 0 atom stereocenters. The number of methoxy groups -OCH3 is 1. The molecule has 0 saturated heterocycles. The van der Waals surface area contributed by atoms with Crippen LogP contribution in [-0.4, -0.2) is 31.0 Å². The standard InChI is InChI=1S/C14H19NO2/c1-4-15(5-2)14(16)11-10-12-8-6-7-9-13(12)17-3/h6-11H,4-5H2,1-3H3. The number of carbonyl (C=O) groups excluding carboxylic acids is 1. The molecular weight excluding hydrogens is 214 g/mol. The Labute approximate surface area is 103 Å². The largest absolute Gasteiger partial charge is 0.496 e. The van der Waals surface area contributed by atoms with E-state index in [1.165, 1.54) is 0 Å². The van der Waals surface area contributed by atoms with Gasteiger partial charge in [0.2, 0.25) is 5.91 Å². The van der Waals surface area contributed by atoms with Gasteiger partial charge < -0.3 is 9.64 Å². The summed E-state index contributed by atoms with van der Waals surface area (Å²) in [4.78, 5) is 13.5. The van der Waals surface area contributed by atoms with Crippen molar-refractivity contribution in [2.24, 2.45) is 0 Å². The fourth-order valence-electron chi connectivity index (χ4n) is 1.61. The van der Waals surface area contributed by atoms with Crippen LogP contribution >= 0.6 is 0 Å². The second-order valence-electron chi connectivity index (χ2n) is 3.59. The van der Waals surface area contributed by atoms with Gasteiger partial charge in [0.25, 0.3) is 0 Å². The Morgan fingerprint density at radius 2 is 1.94 bits per heavy atom. The van der Waals surface area contributed by atoms with Gasteiger partial charge >= 0.3 is 0 Å². The van der Waals surface area contributed by atoms with Crippen LogP contribution in [0.15, 0.2) is 30.3 Å². The van der Waals surface area contributed by atoms with Gasteiger partial charge in [-0.1, -0.05) is 18.2 Å². The summed E-state index contributed by atoms with van der Waals surface area (Å²) < 4.78 is 5.21. The van der Waals surface area contributed by atoms with Crippen molar-refractivity contribution in [2.75, 3.05) is 20.2 Å². The van der Waals surface area contributed by atoms with Crippen LogP contribution in [0.25, 0.3) is 6.08 Å². The van der Waals surface area contributed by atoms with Crippen molar-refractivity contribution in [3.8, 4) is 5.75 Å². The summed E-state index contributed by atoms with van der Waals surface area (Å²) in [6, 6.07) is 7.62. The molecule has 0 aliphatic rings. The molecule has 0 N–H and O–H groups in total. The molecule has 0 aliphatic carbocycles. The Morgan fingerprint density at radius 3 is 2.53 bits per heavy atom. The lowest BCUT2D eigenvalue weighted by atomic mass is 10.2. The van der Waals surface area contributed by atoms with Gasteiger partial charge in [-0.05, 0) is 26.0 Å². The predicted molar refractivity (Wildman–Crippen MR) is 70.0 cm³/mol. The second-order valence-corrected chi connectivity index (χ2v) is 3.59. The summed E-state index contributed by atoms with van der Waals surface area (Å²) in [5.41, 5.74) is 0.913. The van der Waals surface area contributed by atoms with Crippen molar-refractivity contribution in [3.05, 3.63) is 35.9 Å². The van der Waals surface area contributed by atoms with Crippen LogP contribution in [0.4, 0.5) is 0 Å². The molecule has 0 aromatic heterocycles. The number of para-hydroxylation sites is 1. The maximum atomic E-state index is 11.8. The first-order chi connectivity index (χ1) is 8.22. The molecule has 92 valence electrons. The van der Waals surface area contributed by atoms with E-state index in [9.17, 15) is 4.79 Å². The van der Waals surface area contributed by atoms with Gasteiger partial charge in [-0.2, -0.15) is 0 Å². The lowest BCUT2D eigenvalue weighted by molar-refractivity contribution is -0.125. The number of benzene rings is 1. The third-order valence-corrected chi connectivity index (χ3v) is 2.62. The number of carbonyl (C=O) groups is 1. The molecule has 1 amide bonds. The van der Waals surface area contributed by atoms with Crippen LogP contribution in [0.3, 0.4) is 0 Å². The summed E-state index contributed by atoms with van der Waals surface area (Å²) in [6.45, 7) is 5.40. The summed E-state index contributed by atoms with van der Waals surface area (Å²) >= 11 is 0. The van der Waals surface area contributed by atoms with Crippen LogP contribution < -0.4 is 4.74 Å². The maximum Gasteiger partial charge on any atom is 0.246 e. The molecule has 3 heteroatoms. The zero-order valence-corrected chi connectivity index (χ0v) is 10.6. The maximum absolute atomic E-state index is 11.8. The zero-order chi connectivity index (χ0) is 12.7. The van der Waals surface area contributed by atoms with Crippen molar-refractivity contribution in [3.63, 3.8) is 0 Å². The molecule has 1 rings (SSSR count). The summed E-state index contributed by atoms with van der Waals surface area (Å²) in [5.74, 6) is 0.803. The topological polar surface area (TPSA) is 29.5 Å². The Bertz CT molecular complexity index is 395. The first-order valence-corrected chi connectivity index (χ1v) is 5.82. The molecular formula is C14H19NO2. The van der Waals surface area contributed by atoms with Crippen LogP contribution in [0.2, 0.25) is 0 Å². The molecule has 0 radical (unpaired) electrons. The van der Waals surface area contributed by atoms with Gasteiger partial charge in [-0.3, -0.25) is 4.79 Å². The minimum absolute atomic E-state index is 0.0286. The molecule has 3 nitrogen and oxygen atoms in total. The molecule has 0 aliphatic heterocycles. The van der Waals surface area contributed by atoms with Crippen LogP contribution in [0.5, 0.6) is 5.75 Å². The van der Waals surface area contributed by atoms with Gasteiger partial charge in [0.15, 0.2) is 0 Å². The Morgan fingerprint density at radius 1 is 1.29 bits per heavy atom. The number of rotatable bonds is 5. The Hall–Kier alpha value is -1.77. The van der Waals surface area contributed by atoms with E-state index in [0.717, 1.165) is 24.4 Å². The fraction of sp³-hybridized carbons (Fsp3) is 0.357. The van der Waals surface area contributed by atoms with E-state index < -0.39 is 0 Å². The number of likely N-dealkylation sites (N-methyl/N-ethyl adjacent to an activating group) is 1. The second kappa shape index (κ2) is 6.74. The lowest BCUT2D eigenvalue weighted by Crippen LogP contribution is -2.28. The third-order valence-electron chi connectivity index (χ3n) is 2.62. The number of amides is 1. The highest BCUT2D eigenvalue weighted by molar-refractivity contribution is 5.92. The zero-order valence-electron chi connectivity index (χ0n) is 10.6. The van der Waals surface area contributed by atoms with E-state index in [4.69, 9.17) is 4.74 Å². The highest BCUT2D eigenvalue weighted by atomic mass is 16.5. The number of ether oxygens (including phenoxy) is 1. The van der Waals surface area contributed by atoms with E-state index >= 15 is 0 Å². The van der Waals surface area contributed by atoms with Gasteiger partial charge in [-0.25, -0.2) is 0 Å². The SMILES string of the molecule is CCN(CC)C(=O)C=Cc1ccccc1OC. The molecule has 17 heavy (non-hydrogen) atoms. The Balaban J connectivity index is 2.79. The van der Waals surface area contributed by atoms with E-state index in [2.05, 4.69) is 0 Å². The minimum Gasteiger partial charge on any atom is -0.496 e. The summed E-state index contributed by atoms with van der Waals surface area (Å²) in [5, 5.41) is 0. The van der Waals surface area contributed by atoms with Crippen LogP contribution in [-0.2, 0) is 4.79 Å². The van der Waals surface area contributed by atoms with E-state index in [1.54, 1.807) is 24.2 Å². The third kappa shape index (κ3) is 3.63. The van der Waals surface area contributed by atoms with Gasteiger partial charge in [0.05, 0.1) is 7.11 Å². The molecule has 0 spiro atoms. The summed E-state index contributed by atoms with van der Waals surface area (Å²) in [6.07, 6.45) is 3.38. The molecule has 0 unspecified atom stereocenters. The molecule has 1 aromatic rings. The van der Waals surface area contributed by atoms with Gasteiger partial charge in [0, 0.05) is 24.7 Å². The quantitative estimate of drug-likeness (QED) is 0.731. The smallest absolute Gasteiger partial charge is 0.246 e. The highest BCUT2D eigenvalue weighted by Gasteiger charge is 2.05. The molecule has 0 saturated carbocycles. The number of hydrogen-bond acceptors (Lipinski definition) is 2. The monoisotopic (exact) mass is 233 g/mol. The van der Waals surface area contributed by atoms with Crippen molar-refractivity contribution in [1.29, 1.82) is 0 Å². The van der Waals surface area contributed by atoms with Crippen LogP contribution in [0.1, 0.15) is 19.4 Å². The van der Waals surface area contributed by atoms with Crippen molar-refractivity contribution >= 4 is 12.0 Å². The van der Waals surface area contributed by atoms with Gasteiger partial charge in [-0.15, -0.1) is 0 Å². The molecule has 0 fully saturated rings. The summed E-state index contributed by atoms with van der Waals surface area (Å²) in [7, 11) is 1.62. The first-order valence-electron chi connectivity index (χ1n) is 5.82. The average Bonchev–Trinajstić information content (AvgIpc) is 2.38. The number of nitrogens with zero attached hydrogens (tertiary/aromatic N) is 1. The first kappa shape index (κ1) is 13.3. The normalized spacial score (nSPS) is 10.5.